The van der Waals surface area contributed by atoms with Gasteiger partial charge in [-0.2, -0.15) is 4.21 Å². The van der Waals surface area contributed by atoms with Crippen molar-refractivity contribution in [2.75, 3.05) is 0 Å². The van der Waals surface area contributed by atoms with Crippen LogP contribution in [0.1, 0.15) is 6.42 Å². The van der Waals surface area contributed by atoms with Gasteiger partial charge in [-0.3, -0.25) is 0 Å². The molecule has 0 aromatic carbocycles. The summed E-state index contributed by atoms with van der Waals surface area (Å²) in [6.45, 7) is 0. The van der Waals surface area contributed by atoms with Crippen LogP contribution in [0.4, 0.5) is 0 Å². The van der Waals surface area contributed by atoms with Crippen molar-refractivity contribution >= 4 is 11.5 Å². The van der Waals surface area contributed by atoms with Gasteiger partial charge in [-0.15, -0.1) is 4.47 Å². The van der Waals surface area contributed by atoms with Gasteiger partial charge in [0.15, 0.2) is 5.79 Å². The van der Waals surface area contributed by atoms with Gasteiger partial charge < -0.3 is 10.2 Å². The van der Waals surface area contributed by atoms with E-state index in [0.717, 1.165) is 0 Å². The third-order valence-electron chi connectivity index (χ3n) is 1.07. The molecule has 0 spiro atoms. The summed E-state index contributed by atoms with van der Waals surface area (Å²) in [5.41, 5.74) is 0. The summed E-state index contributed by atoms with van der Waals surface area (Å²) in [6.07, 6.45) is 6.75. The summed E-state index contributed by atoms with van der Waals surface area (Å²) < 4.78 is 11.5. The van der Waals surface area contributed by atoms with Crippen LogP contribution in [0.25, 0.3) is 0 Å². The second-order valence-corrected chi connectivity index (χ2v) is 2.41. The van der Waals surface area contributed by atoms with E-state index in [-0.39, 0.29) is 11.5 Å². The first-order chi connectivity index (χ1) is 5.62. The van der Waals surface area contributed by atoms with Crippen LogP contribution in [0.3, 0.4) is 0 Å². The fraction of sp³-hybridized carbons (Fsp3) is 0.333. The predicted octanol–water partition coefficient (Wildman–Crippen LogP) is -0.560. The van der Waals surface area contributed by atoms with Crippen molar-refractivity contribution in [1.82, 2.24) is 0 Å². The number of nitrogens with two attached hydrogens (primary N) is 1. The molecule has 0 aliphatic heterocycles. The number of rotatable bonds is 0. The lowest BCUT2D eigenvalue weighted by atomic mass is 10.1. The van der Waals surface area contributed by atoms with Crippen molar-refractivity contribution in [2.24, 2.45) is 10.3 Å². The van der Waals surface area contributed by atoms with Gasteiger partial charge in [0.25, 0.3) is 0 Å². The van der Waals surface area contributed by atoms with Crippen molar-refractivity contribution < 1.29 is 14.4 Å². The highest BCUT2D eigenvalue weighted by molar-refractivity contribution is 7.54. The standard InChI is InChI=1S/C6H8O2.H2N2OS/c7-6(8)4-2-1-3-5-6;1-2-4-3/h1-4,7-8H,5H2;1H2. The van der Waals surface area contributed by atoms with Crippen LogP contribution in [-0.2, 0) is 11.5 Å². The van der Waals surface area contributed by atoms with E-state index in [2.05, 4.69) is 10.3 Å². The first kappa shape index (κ1) is 11.2. The molecule has 0 fully saturated rings. The molecule has 1 aliphatic carbocycles. The maximum Gasteiger partial charge on any atom is 0.217 e. The Kier molecular flexibility index (Phi) is 5.39. The largest absolute Gasteiger partial charge is 0.362 e. The average molecular weight is 190 g/mol. The predicted molar refractivity (Wildman–Crippen MR) is 44.8 cm³/mol. The normalized spacial score (nSPS) is 17.6. The van der Waals surface area contributed by atoms with Crippen LogP contribution in [0.5, 0.6) is 0 Å². The molecule has 12 heavy (non-hydrogen) atoms. The molecule has 0 unspecified atom stereocenters. The van der Waals surface area contributed by atoms with Gasteiger partial charge in [0.2, 0.25) is 11.5 Å². The molecule has 0 saturated heterocycles. The monoisotopic (exact) mass is 190 g/mol. The molecule has 0 aromatic heterocycles. The highest BCUT2D eigenvalue weighted by Crippen LogP contribution is 2.12. The Balaban J connectivity index is 0.000000261. The van der Waals surface area contributed by atoms with Crippen molar-refractivity contribution in [1.29, 1.82) is 0 Å². The van der Waals surface area contributed by atoms with Crippen molar-refractivity contribution in [2.45, 2.75) is 12.2 Å². The van der Waals surface area contributed by atoms with E-state index in [1.165, 1.54) is 6.08 Å². The molecule has 6 heteroatoms. The summed E-state index contributed by atoms with van der Waals surface area (Å²) in [4.78, 5) is 0. The maximum absolute atomic E-state index is 8.92. The van der Waals surface area contributed by atoms with Crippen LogP contribution in [-0.4, -0.2) is 20.2 Å². The minimum absolute atomic E-state index is 0.00926. The van der Waals surface area contributed by atoms with Crippen molar-refractivity contribution in [3.8, 4) is 0 Å². The minimum Gasteiger partial charge on any atom is -0.362 e. The lowest BCUT2D eigenvalue weighted by molar-refractivity contribution is -0.115. The number of aliphatic hydroxyl groups is 2. The molecule has 5 nitrogen and oxygen atoms in total. The van der Waals surface area contributed by atoms with Gasteiger partial charge in [-0.05, 0) is 6.08 Å². The molecule has 0 aromatic rings. The zero-order chi connectivity index (χ0) is 9.45. The summed E-state index contributed by atoms with van der Waals surface area (Å²) in [7, 11) is 0. The molecule has 68 valence electrons. The molecule has 1 rings (SSSR count). The molecular weight excluding hydrogens is 180 g/mol. The van der Waals surface area contributed by atoms with E-state index in [1.807, 2.05) is 0 Å². The molecule has 0 amide bonds. The SMILES string of the molecule is NN=S=O.OC1(O)C=CC=CC1. The van der Waals surface area contributed by atoms with Crippen LogP contribution < -0.4 is 5.84 Å². The topological polar surface area (TPSA) is 95.9 Å². The first-order valence-electron chi connectivity index (χ1n) is 3.11. The van der Waals surface area contributed by atoms with Gasteiger partial charge in [-0.1, -0.05) is 18.2 Å². The van der Waals surface area contributed by atoms with Crippen LogP contribution >= 0.6 is 0 Å². The number of hydrogen-bond donors (Lipinski definition) is 3. The summed E-state index contributed by atoms with van der Waals surface area (Å²) in [6, 6.07) is 0. The van der Waals surface area contributed by atoms with Gasteiger partial charge >= 0.3 is 0 Å². The van der Waals surface area contributed by atoms with Crippen LogP contribution in [0, 0.1) is 0 Å². The summed E-state index contributed by atoms with van der Waals surface area (Å²) in [5.74, 6) is 2.71. The summed E-state index contributed by atoms with van der Waals surface area (Å²) in [5, 5.41) is 17.6. The van der Waals surface area contributed by atoms with E-state index in [0.29, 0.717) is 6.42 Å². The molecular formula is C6H10N2O3S. The number of allylic oxidation sites excluding steroid dienone is 2. The molecule has 0 saturated carbocycles. The Morgan fingerprint density at radius 1 is 1.50 bits per heavy atom. The van der Waals surface area contributed by atoms with Crippen molar-refractivity contribution in [3.63, 3.8) is 0 Å². The second kappa shape index (κ2) is 5.78. The zero-order valence-corrected chi connectivity index (χ0v) is 7.07. The fourth-order valence-corrected chi connectivity index (χ4v) is 0.598. The molecule has 1 aliphatic rings. The molecule has 4 N–H and O–H groups in total. The zero-order valence-electron chi connectivity index (χ0n) is 6.25. The summed E-state index contributed by atoms with van der Waals surface area (Å²) >= 11 is 0.00926. The Bertz CT molecular complexity index is 231. The van der Waals surface area contributed by atoms with Crippen LogP contribution in [0.15, 0.2) is 28.8 Å². The van der Waals surface area contributed by atoms with E-state index in [4.69, 9.17) is 14.4 Å². The Morgan fingerprint density at radius 2 is 2.08 bits per heavy atom. The quantitative estimate of drug-likeness (QED) is 0.271. The lowest BCUT2D eigenvalue weighted by Gasteiger charge is -2.16. The number of hydrogen-bond acceptors (Lipinski definition) is 4. The fourth-order valence-electron chi connectivity index (χ4n) is 0.598. The van der Waals surface area contributed by atoms with Gasteiger partial charge in [0.1, 0.15) is 0 Å². The molecule has 0 atom stereocenters. The lowest BCUT2D eigenvalue weighted by Crippen LogP contribution is -2.24. The Hall–Kier alpha value is -0.820. The van der Waals surface area contributed by atoms with Gasteiger partial charge in [0, 0.05) is 6.42 Å². The molecule has 0 radical (unpaired) electrons. The van der Waals surface area contributed by atoms with E-state index in [1.54, 1.807) is 18.2 Å². The van der Waals surface area contributed by atoms with Crippen LogP contribution in [0.2, 0.25) is 0 Å². The minimum atomic E-state index is -1.59. The first-order valence-corrected chi connectivity index (χ1v) is 3.80. The van der Waals surface area contributed by atoms with E-state index >= 15 is 0 Å². The third kappa shape index (κ3) is 5.93. The van der Waals surface area contributed by atoms with E-state index in [9.17, 15) is 0 Å². The Morgan fingerprint density at radius 3 is 2.25 bits per heavy atom. The highest BCUT2D eigenvalue weighted by Gasteiger charge is 2.17. The smallest absolute Gasteiger partial charge is 0.217 e. The third-order valence-corrected chi connectivity index (χ3v) is 1.16. The molecule has 0 bridgehead atoms. The highest BCUT2D eigenvalue weighted by atomic mass is 32.1. The van der Waals surface area contributed by atoms with Gasteiger partial charge in [0.05, 0.1) is 0 Å². The van der Waals surface area contributed by atoms with Crippen molar-refractivity contribution in [3.05, 3.63) is 24.3 Å². The Labute approximate surface area is 73.4 Å². The number of nitrogens with zero attached hydrogens (tertiary/aromatic N) is 1. The second-order valence-electron chi connectivity index (χ2n) is 2.05. The average Bonchev–Trinajstić information content (AvgIpc) is 2.05. The van der Waals surface area contributed by atoms with E-state index < -0.39 is 5.79 Å². The maximum atomic E-state index is 8.92. The van der Waals surface area contributed by atoms with Gasteiger partial charge in [-0.25, -0.2) is 5.84 Å². The molecule has 0 heterocycles.